The third-order valence-corrected chi connectivity index (χ3v) is 3.15. The van der Waals surface area contributed by atoms with E-state index < -0.39 is 0 Å². The van der Waals surface area contributed by atoms with Crippen molar-refractivity contribution < 1.29 is 9.47 Å². The van der Waals surface area contributed by atoms with Crippen LogP contribution in [0.2, 0.25) is 0 Å². The molecule has 1 atom stereocenters. The summed E-state index contributed by atoms with van der Waals surface area (Å²) in [6.07, 6.45) is 6.64. The summed E-state index contributed by atoms with van der Waals surface area (Å²) < 4.78 is 12.6. The van der Waals surface area contributed by atoms with Crippen LogP contribution in [0.25, 0.3) is 0 Å². The first-order chi connectivity index (χ1) is 9.31. The van der Waals surface area contributed by atoms with Crippen LogP contribution in [0, 0.1) is 0 Å². The Balaban J connectivity index is 2.33. The molecule has 110 valence electrons. The molecule has 4 heteroatoms. The number of nitrogens with one attached hydrogen (secondary N) is 1. The van der Waals surface area contributed by atoms with Crippen molar-refractivity contribution in [3.8, 4) is 0 Å². The zero-order valence-electron chi connectivity index (χ0n) is 12.5. The topological polar surface area (TPSA) is 35.4 Å². The van der Waals surface area contributed by atoms with Gasteiger partial charge in [0.25, 0.3) is 0 Å². The second kappa shape index (κ2) is 10.0. The van der Waals surface area contributed by atoms with Crippen molar-refractivity contribution in [1.82, 2.24) is 9.88 Å². The Morgan fingerprint density at radius 1 is 1.26 bits per heavy atom. The zero-order valence-corrected chi connectivity index (χ0v) is 12.5. The van der Waals surface area contributed by atoms with Crippen molar-refractivity contribution in [2.75, 3.05) is 33.5 Å². The smallest absolute Gasteiger partial charge is 0.0701 e. The van der Waals surface area contributed by atoms with E-state index in [-0.39, 0.29) is 0 Å². The fourth-order valence-electron chi connectivity index (χ4n) is 2.04. The van der Waals surface area contributed by atoms with Gasteiger partial charge in [-0.15, -0.1) is 0 Å². The number of methoxy groups -OCH3 is 1. The van der Waals surface area contributed by atoms with Gasteiger partial charge in [-0.2, -0.15) is 0 Å². The van der Waals surface area contributed by atoms with Crippen molar-refractivity contribution in [2.24, 2.45) is 0 Å². The Kier molecular flexibility index (Phi) is 8.54. The van der Waals surface area contributed by atoms with Crippen molar-refractivity contribution in [2.45, 2.75) is 39.3 Å². The average molecular weight is 268 g/mol. The third-order valence-electron chi connectivity index (χ3n) is 3.15. The number of hydrogen-bond donors (Lipinski definition) is 1. The van der Waals surface area contributed by atoms with Crippen LogP contribution < -0.4 is 5.32 Å². The van der Waals surface area contributed by atoms with Gasteiger partial charge < -0.3 is 19.4 Å². The second-order valence-corrected chi connectivity index (χ2v) is 4.70. The van der Waals surface area contributed by atoms with Crippen molar-refractivity contribution in [3.63, 3.8) is 0 Å². The Hall–Kier alpha value is -0.840. The highest BCUT2D eigenvalue weighted by Gasteiger charge is 2.09. The first-order valence-electron chi connectivity index (χ1n) is 7.27. The molecule has 1 aromatic heterocycles. The molecular formula is C15H28N2O2. The van der Waals surface area contributed by atoms with Crippen LogP contribution in [-0.2, 0) is 16.0 Å². The summed E-state index contributed by atoms with van der Waals surface area (Å²) in [4.78, 5) is 0. The standard InChI is InChI=1S/C15H28N2O2/c1-4-7-16-15(5-2)14-6-8-17(13-14)9-10-19-12-11-18-3/h6,8,13,15-16H,4-5,7,9-12H2,1-3H3. The molecule has 1 heterocycles. The van der Waals surface area contributed by atoms with Gasteiger partial charge >= 0.3 is 0 Å². The van der Waals surface area contributed by atoms with E-state index in [2.05, 4.69) is 42.2 Å². The Labute approximate surface area is 117 Å². The summed E-state index contributed by atoms with van der Waals surface area (Å²) in [5.41, 5.74) is 1.37. The van der Waals surface area contributed by atoms with Crippen LogP contribution in [0.3, 0.4) is 0 Å². The maximum atomic E-state index is 5.48. The van der Waals surface area contributed by atoms with Crippen LogP contribution in [0.1, 0.15) is 38.3 Å². The molecule has 0 radical (unpaired) electrons. The fourth-order valence-corrected chi connectivity index (χ4v) is 2.04. The molecule has 1 aromatic rings. The van der Waals surface area contributed by atoms with Crippen LogP contribution in [-0.4, -0.2) is 38.0 Å². The van der Waals surface area contributed by atoms with Gasteiger partial charge in [0.2, 0.25) is 0 Å². The van der Waals surface area contributed by atoms with Gasteiger partial charge in [-0.3, -0.25) is 0 Å². The molecular weight excluding hydrogens is 240 g/mol. The molecule has 0 aromatic carbocycles. The minimum absolute atomic E-state index is 0.468. The monoisotopic (exact) mass is 268 g/mol. The van der Waals surface area contributed by atoms with Gasteiger partial charge in [0.15, 0.2) is 0 Å². The van der Waals surface area contributed by atoms with Crippen molar-refractivity contribution in [3.05, 3.63) is 24.0 Å². The molecule has 0 saturated heterocycles. The van der Waals surface area contributed by atoms with E-state index in [1.165, 1.54) is 12.0 Å². The maximum absolute atomic E-state index is 5.48. The third kappa shape index (κ3) is 6.23. The normalized spacial score (nSPS) is 12.8. The van der Waals surface area contributed by atoms with Gasteiger partial charge in [0.05, 0.1) is 19.8 Å². The molecule has 1 unspecified atom stereocenters. The van der Waals surface area contributed by atoms with Gasteiger partial charge in [0.1, 0.15) is 0 Å². The second-order valence-electron chi connectivity index (χ2n) is 4.70. The highest BCUT2D eigenvalue weighted by Crippen LogP contribution is 2.16. The lowest BCUT2D eigenvalue weighted by Gasteiger charge is -2.15. The molecule has 0 saturated carbocycles. The molecule has 0 aliphatic rings. The van der Waals surface area contributed by atoms with Gasteiger partial charge in [-0.25, -0.2) is 0 Å². The molecule has 1 rings (SSSR count). The van der Waals surface area contributed by atoms with E-state index in [1.54, 1.807) is 7.11 Å². The molecule has 0 amide bonds. The number of nitrogens with zero attached hydrogens (tertiary/aromatic N) is 1. The summed E-state index contributed by atoms with van der Waals surface area (Å²) in [7, 11) is 1.69. The molecule has 0 fully saturated rings. The Morgan fingerprint density at radius 3 is 2.79 bits per heavy atom. The molecule has 0 aliphatic heterocycles. The zero-order chi connectivity index (χ0) is 13.9. The molecule has 0 spiro atoms. The molecule has 0 bridgehead atoms. The fraction of sp³-hybridized carbons (Fsp3) is 0.733. The Bertz CT molecular complexity index is 326. The minimum Gasteiger partial charge on any atom is -0.382 e. The lowest BCUT2D eigenvalue weighted by atomic mass is 10.1. The van der Waals surface area contributed by atoms with Gasteiger partial charge in [-0.05, 0) is 31.0 Å². The minimum atomic E-state index is 0.468. The number of hydrogen-bond acceptors (Lipinski definition) is 3. The molecule has 0 aliphatic carbocycles. The van der Waals surface area contributed by atoms with Crippen molar-refractivity contribution >= 4 is 0 Å². The van der Waals surface area contributed by atoms with Crippen LogP contribution in [0.5, 0.6) is 0 Å². The SMILES string of the molecule is CCCNC(CC)c1ccn(CCOCCOC)c1. The van der Waals surface area contributed by atoms with E-state index in [9.17, 15) is 0 Å². The Morgan fingerprint density at radius 2 is 2.11 bits per heavy atom. The molecule has 1 N–H and O–H groups in total. The summed E-state index contributed by atoms with van der Waals surface area (Å²) in [5.74, 6) is 0. The van der Waals surface area contributed by atoms with Gasteiger partial charge in [-0.1, -0.05) is 13.8 Å². The van der Waals surface area contributed by atoms with E-state index >= 15 is 0 Å². The average Bonchev–Trinajstić information content (AvgIpc) is 2.88. The number of rotatable bonds is 11. The summed E-state index contributed by atoms with van der Waals surface area (Å²) in [6, 6.07) is 2.67. The quantitative estimate of drug-likeness (QED) is 0.627. The van der Waals surface area contributed by atoms with Crippen LogP contribution in [0.15, 0.2) is 18.5 Å². The number of aromatic nitrogens is 1. The van der Waals surface area contributed by atoms with E-state index in [0.29, 0.717) is 19.3 Å². The number of ether oxygens (including phenoxy) is 2. The summed E-state index contributed by atoms with van der Waals surface area (Å²) in [6.45, 7) is 8.45. The predicted octanol–water partition coefficient (Wildman–Crippen LogP) is 2.60. The first kappa shape index (κ1) is 16.2. The van der Waals surface area contributed by atoms with Crippen LogP contribution >= 0.6 is 0 Å². The van der Waals surface area contributed by atoms with Crippen molar-refractivity contribution in [1.29, 1.82) is 0 Å². The lowest BCUT2D eigenvalue weighted by molar-refractivity contribution is 0.0666. The molecule has 4 nitrogen and oxygen atoms in total. The highest BCUT2D eigenvalue weighted by atomic mass is 16.5. The predicted molar refractivity (Wildman–Crippen MR) is 78.5 cm³/mol. The summed E-state index contributed by atoms with van der Waals surface area (Å²) in [5, 5.41) is 3.57. The van der Waals surface area contributed by atoms with E-state index in [4.69, 9.17) is 9.47 Å². The first-order valence-corrected chi connectivity index (χ1v) is 7.27. The molecule has 19 heavy (non-hydrogen) atoms. The van der Waals surface area contributed by atoms with E-state index in [1.807, 2.05) is 0 Å². The van der Waals surface area contributed by atoms with Gasteiger partial charge in [0, 0.05) is 32.1 Å². The highest BCUT2D eigenvalue weighted by molar-refractivity contribution is 5.15. The van der Waals surface area contributed by atoms with Crippen LogP contribution in [0.4, 0.5) is 0 Å². The maximum Gasteiger partial charge on any atom is 0.0701 e. The van der Waals surface area contributed by atoms with E-state index in [0.717, 1.165) is 26.1 Å². The summed E-state index contributed by atoms with van der Waals surface area (Å²) >= 11 is 0. The lowest BCUT2D eigenvalue weighted by Crippen LogP contribution is -2.21. The largest absolute Gasteiger partial charge is 0.382 e.